The lowest BCUT2D eigenvalue weighted by molar-refractivity contribution is 0.299. The zero-order valence-corrected chi connectivity index (χ0v) is 16.2. The van der Waals surface area contributed by atoms with E-state index >= 15 is 0 Å². The highest BCUT2D eigenvalue weighted by molar-refractivity contribution is 14.1. The summed E-state index contributed by atoms with van der Waals surface area (Å²) in [4.78, 5) is 7.55. The topological polar surface area (TPSA) is 82.6 Å². The predicted molar refractivity (Wildman–Crippen MR) is 101 cm³/mol. The monoisotopic (exact) mass is 472 g/mol. The molecule has 0 fully saturated rings. The summed E-state index contributed by atoms with van der Waals surface area (Å²) < 4.78 is 6.03. The fraction of sp³-hybridized carbons (Fsp3) is 0.125. The van der Waals surface area contributed by atoms with Crippen molar-refractivity contribution in [2.24, 2.45) is 0 Å². The second-order valence-electron chi connectivity index (χ2n) is 4.06. The molecule has 2 aromatic rings. The van der Waals surface area contributed by atoms with Crippen LogP contribution in [-0.2, 0) is 4.74 Å². The first-order valence-electron chi connectivity index (χ1n) is 6.53. The molecule has 2 heterocycles. The van der Waals surface area contributed by atoms with Gasteiger partial charge >= 0.3 is 0 Å². The number of nitrogens with zero attached hydrogens (tertiary/aromatic N) is 4. The summed E-state index contributed by atoms with van der Waals surface area (Å²) in [7, 11) is 0. The van der Waals surface area contributed by atoms with E-state index in [1.165, 1.54) is 6.20 Å². The molecule has 0 aliphatic rings. The maximum absolute atomic E-state index is 8.85. The van der Waals surface area contributed by atoms with Crippen LogP contribution in [0, 0.1) is 26.2 Å². The Hall–Kier alpha value is -1.87. The molecule has 0 aliphatic heterocycles. The molecule has 8 heteroatoms. The van der Waals surface area contributed by atoms with E-state index in [0.29, 0.717) is 29.1 Å². The minimum Gasteiger partial charge on any atom is -0.494 e. The van der Waals surface area contributed by atoms with Crippen molar-refractivity contribution in [3.8, 4) is 12.1 Å². The van der Waals surface area contributed by atoms with Crippen LogP contribution in [-0.4, -0.2) is 16.6 Å². The van der Waals surface area contributed by atoms with Gasteiger partial charge in [0, 0.05) is 21.5 Å². The van der Waals surface area contributed by atoms with Crippen molar-refractivity contribution in [1.82, 2.24) is 9.97 Å². The molecule has 5 nitrogen and oxygen atoms in total. The molecule has 0 N–H and O–H groups in total. The second-order valence-corrected chi connectivity index (χ2v) is 5.94. The van der Waals surface area contributed by atoms with Crippen molar-refractivity contribution < 1.29 is 4.74 Å². The Morgan fingerprint density at radius 2 is 1.71 bits per heavy atom. The maximum Gasteiger partial charge on any atom is 0.147 e. The highest BCUT2D eigenvalue weighted by atomic mass is 127. The number of ether oxygens (including phenoxy) is 1. The van der Waals surface area contributed by atoms with Crippen LogP contribution in [0.4, 0.5) is 0 Å². The highest BCUT2D eigenvalue weighted by Gasteiger charge is 2.10. The van der Waals surface area contributed by atoms with Gasteiger partial charge in [-0.15, -0.1) is 0 Å². The van der Waals surface area contributed by atoms with Crippen LogP contribution in [0.3, 0.4) is 0 Å². The van der Waals surface area contributed by atoms with Gasteiger partial charge in [-0.3, -0.25) is 0 Å². The first kappa shape index (κ1) is 20.2. The average Bonchev–Trinajstić information content (AvgIpc) is 2.55. The summed E-state index contributed by atoms with van der Waals surface area (Å²) in [5, 5.41) is 17.8. The number of nitriles is 2. The molecule has 2 aromatic heterocycles. The molecule has 122 valence electrons. The Morgan fingerprint density at radius 3 is 2.17 bits per heavy atom. The van der Waals surface area contributed by atoms with E-state index in [4.69, 9.17) is 38.5 Å². The minimum atomic E-state index is 0.172. The van der Waals surface area contributed by atoms with Crippen molar-refractivity contribution in [2.45, 2.75) is 6.92 Å². The van der Waals surface area contributed by atoms with Crippen LogP contribution < -0.4 is 0 Å². The second kappa shape index (κ2) is 10.1. The normalized spacial score (nSPS) is 9.08. The first-order valence-corrected chi connectivity index (χ1v) is 8.36. The molecule has 2 rings (SSSR count). The van der Waals surface area contributed by atoms with Gasteiger partial charge in [0.15, 0.2) is 0 Å². The Labute approximate surface area is 163 Å². The standard InChI is InChI=1S/C10H9ClN2O.C6H2ClIN2/c1-3-14-7(2)8-4-5-13-10(11)9(8)6-12;7-6-4(3-9)5(8)1-2-10-6/h4-5H,2-3H2,1H3;1-2H. The van der Waals surface area contributed by atoms with Crippen molar-refractivity contribution >= 4 is 51.6 Å². The van der Waals surface area contributed by atoms with E-state index in [0.717, 1.165) is 3.57 Å². The maximum atomic E-state index is 8.85. The third-order valence-electron chi connectivity index (χ3n) is 2.60. The lowest BCUT2D eigenvalue weighted by atomic mass is 10.1. The summed E-state index contributed by atoms with van der Waals surface area (Å²) in [6.45, 7) is 6.06. The van der Waals surface area contributed by atoms with Gasteiger partial charge < -0.3 is 4.74 Å². The SMILES string of the molecule is C=C(OCC)c1ccnc(Cl)c1C#N.N#Cc1c(I)ccnc1Cl. The number of pyridine rings is 2. The number of halogens is 3. The molecular formula is C16H11Cl2IN4O. The molecule has 0 radical (unpaired) electrons. The summed E-state index contributed by atoms with van der Waals surface area (Å²) >= 11 is 13.4. The van der Waals surface area contributed by atoms with Crippen molar-refractivity contribution in [2.75, 3.05) is 6.61 Å². The molecule has 0 amide bonds. The number of hydrogen-bond donors (Lipinski definition) is 0. The fourth-order valence-corrected chi connectivity index (χ4v) is 2.64. The molecule has 0 saturated heterocycles. The van der Waals surface area contributed by atoms with Crippen LogP contribution in [0.1, 0.15) is 23.6 Å². The van der Waals surface area contributed by atoms with Crippen LogP contribution in [0.2, 0.25) is 10.3 Å². The molecule has 0 spiro atoms. The van der Waals surface area contributed by atoms with Gasteiger partial charge in [0.05, 0.1) is 6.61 Å². The molecule has 0 bridgehead atoms. The number of aromatic nitrogens is 2. The fourth-order valence-electron chi connectivity index (χ4n) is 1.54. The van der Waals surface area contributed by atoms with Crippen LogP contribution in [0.15, 0.2) is 31.1 Å². The predicted octanol–water partition coefficient (Wildman–Crippen LogP) is 4.83. The van der Waals surface area contributed by atoms with Crippen molar-refractivity contribution in [1.29, 1.82) is 10.5 Å². The van der Waals surface area contributed by atoms with Gasteiger partial charge in [0.2, 0.25) is 0 Å². The molecule has 0 atom stereocenters. The van der Waals surface area contributed by atoms with Crippen LogP contribution >= 0.6 is 45.8 Å². The van der Waals surface area contributed by atoms with Gasteiger partial charge in [0.1, 0.15) is 39.3 Å². The van der Waals surface area contributed by atoms with Gasteiger partial charge in [-0.1, -0.05) is 29.8 Å². The molecule has 0 aromatic carbocycles. The lowest BCUT2D eigenvalue weighted by Crippen LogP contribution is -1.95. The summed E-state index contributed by atoms with van der Waals surface area (Å²) in [5.41, 5.74) is 1.34. The van der Waals surface area contributed by atoms with E-state index in [2.05, 4.69) is 16.5 Å². The summed E-state index contributed by atoms with van der Waals surface area (Å²) in [6.07, 6.45) is 3.09. The zero-order valence-electron chi connectivity index (χ0n) is 12.6. The highest BCUT2D eigenvalue weighted by Crippen LogP contribution is 2.22. The minimum absolute atomic E-state index is 0.172. The van der Waals surface area contributed by atoms with E-state index in [9.17, 15) is 0 Å². The van der Waals surface area contributed by atoms with Gasteiger partial charge in [-0.05, 0) is 41.6 Å². The van der Waals surface area contributed by atoms with Crippen LogP contribution in [0.5, 0.6) is 0 Å². The molecule has 0 saturated carbocycles. The third-order valence-corrected chi connectivity index (χ3v) is 4.07. The quantitative estimate of drug-likeness (QED) is 0.363. The van der Waals surface area contributed by atoms with Gasteiger partial charge in [-0.2, -0.15) is 10.5 Å². The van der Waals surface area contributed by atoms with E-state index in [1.54, 1.807) is 18.3 Å². The van der Waals surface area contributed by atoms with Gasteiger partial charge in [-0.25, -0.2) is 9.97 Å². The largest absolute Gasteiger partial charge is 0.494 e. The lowest BCUT2D eigenvalue weighted by Gasteiger charge is -2.08. The third kappa shape index (κ3) is 5.34. The van der Waals surface area contributed by atoms with Crippen molar-refractivity contribution in [3.05, 3.63) is 61.7 Å². The summed E-state index contributed by atoms with van der Waals surface area (Å²) in [5.74, 6) is 0.438. The van der Waals surface area contributed by atoms with Crippen LogP contribution in [0.25, 0.3) is 5.76 Å². The number of rotatable bonds is 3. The van der Waals surface area contributed by atoms with Crippen molar-refractivity contribution in [3.63, 3.8) is 0 Å². The molecule has 0 aliphatic carbocycles. The van der Waals surface area contributed by atoms with E-state index in [1.807, 2.05) is 41.7 Å². The van der Waals surface area contributed by atoms with E-state index in [-0.39, 0.29) is 10.3 Å². The Morgan fingerprint density at radius 1 is 1.17 bits per heavy atom. The Kier molecular flexibility index (Phi) is 8.48. The smallest absolute Gasteiger partial charge is 0.147 e. The first-order chi connectivity index (χ1) is 11.5. The number of hydrogen-bond acceptors (Lipinski definition) is 5. The van der Waals surface area contributed by atoms with Gasteiger partial charge in [0.25, 0.3) is 0 Å². The Bertz CT molecular complexity index is 808. The Balaban J connectivity index is 0.000000254. The molecule has 24 heavy (non-hydrogen) atoms. The molecule has 0 unspecified atom stereocenters. The molecular weight excluding hydrogens is 462 g/mol. The summed E-state index contributed by atoms with van der Waals surface area (Å²) in [6, 6.07) is 7.33. The zero-order chi connectivity index (χ0) is 18.1. The van der Waals surface area contributed by atoms with E-state index < -0.39 is 0 Å². The average molecular weight is 473 g/mol.